The van der Waals surface area contributed by atoms with Gasteiger partial charge in [-0.3, -0.25) is 9.69 Å². The highest BCUT2D eigenvalue weighted by molar-refractivity contribution is 5.78. The van der Waals surface area contributed by atoms with Gasteiger partial charge in [-0.1, -0.05) is 12.2 Å². The monoisotopic (exact) mass is 237 g/mol. The van der Waals surface area contributed by atoms with Crippen molar-refractivity contribution < 1.29 is 4.79 Å². The van der Waals surface area contributed by atoms with Gasteiger partial charge in [-0.05, 0) is 6.92 Å². The van der Waals surface area contributed by atoms with Gasteiger partial charge in [0.1, 0.15) is 0 Å². The zero-order valence-corrected chi connectivity index (χ0v) is 10.7. The van der Waals surface area contributed by atoms with Gasteiger partial charge in [0.2, 0.25) is 5.91 Å². The Labute approximate surface area is 104 Å². The van der Waals surface area contributed by atoms with Gasteiger partial charge in [0.05, 0.1) is 6.54 Å². The SMILES string of the molecule is C=CCN(CC=C)C(=O)CN1CCNC[C@@H]1C. The van der Waals surface area contributed by atoms with Crippen LogP contribution in [0.5, 0.6) is 0 Å². The largest absolute Gasteiger partial charge is 0.334 e. The van der Waals surface area contributed by atoms with Crippen LogP contribution in [-0.4, -0.2) is 61.0 Å². The van der Waals surface area contributed by atoms with Gasteiger partial charge in [-0.15, -0.1) is 13.2 Å². The van der Waals surface area contributed by atoms with Crippen LogP contribution in [0.15, 0.2) is 25.3 Å². The summed E-state index contributed by atoms with van der Waals surface area (Å²) in [5, 5.41) is 3.32. The minimum Gasteiger partial charge on any atom is -0.334 e. The molecule has 0 spiro atoms. The minimum atomic E-state index is 0.151. The Kier molecular flexibility index (Phi) is 5.94. The lowest BCUT2D eigenvalue weighted by atomic mass is 10.2. The minimum absolute atomic E-state index is 0.151. The average molecular weight is 237 g/mol. The van der Waals surface area contributed by atoms with Crippen molar-refractivity contribution in [1.29, 1.82) is 0 Å². The van der Waals surface area contributed by atoms with Crippen LogP contribution in [0, 0.1) is 0 Å². The summed E-state index contributed by atoms with van der Waals surface area (Å²) in [6.07, 6.45) is 3.51. The topological polar surface area (TPSA) is 35.6 Å². The number of nitrogens with one attached hydrogen (secondary N) is 1. The normalized spacial score (nSPS) is 20.9. The van der Waals surface area contributed by atoms with Gasteiger partial charge in [-0.25, -0.2) is 0 Å². The second kappa shape index (κ2) is 7.25. The summed E-state index contributed by atoms with van der Waals surface area (Å²) in [4.78, 5) is 16.1. The summed E-state index contributed by atoms with van der Waals surface area (Å²) in [5.41, 5.74) is 0. The third-order valence-corrected chi connectivity index (χ3v) is 3.03. The fourth-order valence-electron chi connectivity index (χ4n) is 1.98. The zero-order valence-electron chi connectivity index (χ0n) is 10.7. The maximum absolute atomic E-state index is 12.1. The van der Waals surface area contributed by atoms with Crippen LogP contribution in [0.4, 0.5) is 0 Å². The first-order valence-corrected chi connectivity index (χ1v) is 6.13. The number of carbonyl (C=O) groups excluding carboxylic acids is 1. The number of carbonyl (C=O) groups is 1. The Morgan fingerprint density at radius 2 is 2.12 bits per heavy atom. The van der Waals surface area contributed by atoms with Crippen molar-refractivity contribution in [2.24, 2.45) is 0 Å². The van der Waals surface area contributed by atoms with Crippen molar-refractivity contribution in [2.45, 2.75) is 13.0 Å². The Balaban J connectivity index is 2.49. The number of hydrogen-bond donors (Lipinski definition) is 1. The summed E-state index contributed by atoms with van der Waals surface area (Å²) in [5.74, 6) is 0.151. The summed E-state index contributed by atoms with van der Waals surface area (Å²) < 4.78 is 0. The fraction of sp³-hybridized carbons (Fsp3) is 0.615. The maximum Gasteiger partial charge on any atom is 0.237 e. The second-order valence-corrected chi connectivity index (χ2v) is 4.40. The van der Waals surface area contributed by atoms with E-state index in [1.165, 1.54) is 0 Å². The van der Waals surface area contributed by atoms with Crippen molar-refractivity contribution in [3.05, 3.63) is 25.3 Å². The smallest absolute Gasteiger partial charge is 0.237 e. The number of nitrogens with zero attached hydrogens (tertiary/aromatic N) is 2. The lowest BCUT2D eigenvalue weighted by Crippen LogP contribution is -2.53. The van der Waals surface area contributed by atoms with E-state index in [0.717, 1.165) is 19.6 Å². The van der Waals surface area contributed by atoms with Gasteiger partial charge in [0, 0.05) is 38.8 Å². The Morgan fingerprint density at radius 1 is 1.47 bits per heavy atom. The van der Waals surface area contributed by atoms with E-state index in [1.807, 2.05) is 0 Å². The third-order valence-electron chi connectivity index (χ3n) is 3.03. The first-order valence-electron chi connectivity index (χ1n) is 6.13. The van der Waals surface area contributed by atoms with Gasteiger partial charge >= 0.3 is 0 Å². The molecule has 1 aliphatic rings. The molecule has 1 atom stereocenters. The van der Waals surface area contributed by atoms with Crippen molar-refractivity contribution >= 4 is 5.91 Å². The molecular weight excluding hydrogens is 214 g/mol. The molecule has 1 aliphatic heterocycles. The first kappa shape index (κ1) is 13.9. The van der Waals surface area contributed by atoms with E-state index in [2.05, 4.69) is 30.3 Å². The van der Waals surface area contributed by atoms with Crippen LogP contribution in [0.1, 0.15) is 6.92 Å². The van der Waals surface area contributed by atoms with E-state index in [1.54, 1.807) is 17.1 Å². The molecule has 1 saturated heterocycles. The van der Waals surface area contributed by atoms with Crippen LogP contribution < -0.4 is 5.32 Å². The van der Waals surface area contributed by atoms with Crippen molar-refractivity contribution in [3.8, 4) is 0 Å². The molecule has 0 aromatic carbocycles. The molecule has 1 amide bonds. The highest BCUT2D eigenvalue weighted by atomic mass is 16.2. The van der Waals surface area contributed by atoms with Crippen molar-refractivity contribution in [3.63, 3.8) is 0 Å². The molecule has 0 radical (unpaired) electrons. The highest BCUT2D eigenvalue weighted by Crippen LogP contribution is 2.03. The predicted molar refractivity (Wildman–Crippen MR) is 70.9 cm³/mol. The molecule has 0 saturated carbocycles. The molecule has 4 nitrogen and oxygen atoms in total. The molecule has 1 heterocycles. The molecule has 0 bridgehead atoms. The van der Waals surface area contributed by atoms with E-state index in [4.69, 9.17) is 0 Å². The number of piperazine rings is 1. The standard InChI is InChI=1S/C13H23N3O/c1-4-7-15(8-5-2)13(17)11-16-9-6-14-10-12(16)3/h4-5,12,14H,1-2,6-11H2,3H3/t12-/m0/s1. The van der Waals surface area contributed by atoms with Gasteiger partial charge in [-0.2, -0.15) is 0 Å². The number of amides is 1. The lowest BCUT2D eigenvalue weighted by Gasteiger charge is -2.34. The van der Waals surface area contributed by atoms with Crippen molar-refractivity contribution in [2.75, 3.05) is 39.3 Å². The molecule has 0 aliphatic carbocycles. The Bertz CT molecular complexity index is 268. The van der Waals surface area contributed by atoms with Crippen LogP contribution in [0.25, 0.3) is 0 Å². The molecule has 1 N–H and O–H groups in total. The molecule has 17 heavy (non-hydrogen) atoms. The van der Waals surface area contributed by atoms with Crippen molar-refractivity contribution in [1.82, 2.24) is 15.1 Å². The molecular formula is C13H23N3O. The Hall–Kier alpha value is -1.13. The summed E-state index contributed by atoms with van der Waals surface area (Å²) in [6, 6.07) is 0.419. The quantitative estimate of drug-likeness (QED) is 0.683. The van der Waals surface area contributed by atoms with Crippen LogP contribution in [0.3, 0.4) is 0 Å². The van der Waals surface area contributed by atoms with Gasteiger partial charge in [0.25, 0.3) is 0 Å². The van der Waals surface area contributed by atoms with E-state index >= 15 is 0 Å². The van der Waals surface area contributed by atoms with E-state index in [-0.39, 0.29) is 5.91 Å². The molecule has 96 valence electrons. The number of rotatable bonds is 6. The molecule has 4 heteroatoms. The maximum atomic E-state index is 12.1. The average Bonchev–Trinajstić information content (AvgIpc) is 2.32. The van der Waals surface area contributed by atoms with Crippen LogP contribution in [-0.2, 0) is 4.79 Å². The summed E-state index contributed by atoms with van der Waals surface area (Å²) >= 11 is 0. The number of hydrogen-bond acceptors (Lipinski definition) is 3. The highest BCUT2D eigenvalue weighted by Gasteiger charge is 2.22. The predicted octanol–water partition coefficient (Wildman–Crippen LogP) is 0.481. The Morgan fingerprint density at radius 3 is 2.65 bits per heavy atom. The fourth-order valence-corrected chi connectivity index (χ4v) is 1.98. The molecule has 0 unspecified atom stereocenters. The summed E-state index contributed by atoms with van der Waals surface area (Å²) in [6.45, 7) is 14.0. The third kappa shape index (κ3) is 4.32. The first-order chi connectivity index (χ1) is 8.19. The van der Waals surface area contributed by atoms with E-state index in [0.29, 0.717) is 25.7 Å². The second-order valence-electron chi connectivity index (χ2n) is 4.40. The van der Waals surface area contributed by atoms with Gasteiger partial charge < -0.3 is 10.2 Å². The molecule has 0 aromatic rings. The molecule has 1 fully saturated rings. The molecule has 1 rings (SSSR count). The zero-order chi connectivity index (χ0) is 12.7. The summed E-state index contributed by atoms with van der Waals surface area (Å²) in [7, 11) is 0. The van der Waals surface area contributed by atoms with Crippen LogP contribution >= 0.6 is 0 Å². The van der Waals surface area contributed by atoms with Gasteiger partial charge in [0.15, 0.2) is 0 Å². The molecule has 0 aromatic heterocycles. The van der Waals surface area contributed by atoms with E-state index < -0.39 is 0 Å². The van der Waals surface area contributed by atoms with E-state index in [9.17, 15) is 4.79 Å². The lowest BCUT2D eigenvalue weighted by molar-refractivity contribution is -0.132. The van der Waals surface area contributed by atoms with Crippen LogP contribution in [0.2, 0.25) is 0 Å².